The number of pyridine rings is 1. The van der Waals surface area contributed by atoms with Gasteiger partial charge in [-0.3, -0.25) is 9.89 Å². The van der Waals surface area contributed by atoms with Crippen LogP contribution in [0.4, 0.5) is 4.39 Å². The fourth-order valence-corrected chi connectivity index (χ4v) is 3.94. The summed E-state index contributed by atoms with van der Waals surface area (Å²) >= 11 is 0. The van der Waals surface area contributed by atoms with E-state index in [9.17, 15) is 4.39 Å². The molecule has 8 heteroatoms. The third-order valence-electron chi connectivity index (χ3n) is 5.60. The van der Waals surface area contributed by atoms with Crippen LogP contribution in [0.1, 0.15) is 24.2 Å². The molecule has 1 aliphatic heterocycles. The molecule has 0 saturated carbocycles. The lowest BCUT2D eigenvalue weighted by Gasteiger charge is -2.34. The maximum atomic E-state index is 13.5. The van der Waals surface area contributed by atoms with Crippen molar-refractivity contribution >= 4 is 11.6 Å². The first-order valence-corrected chi connectivity index (χ1v) is 11.2. The largest absolute Gasteiger partial charge is 0.379 e. The number of halogens is 1. The van der Waals surface area contributed by atoms with Gasteiger partial charge in [-0.15, -0.1) is 0 Å². The van der Waals surface area contributed by atoms with Gasteiger partial charge in [0.1, 0.15) is 11.5 Å². The van der Waals surface area contributed by atoms with Crippen LogP contribution >= 0.6 is 0 Å². The highest BCUT2D eigenvalue weighted by molar-refractivity contribution is 5.79. The van der Waals surface area contributed by atoms with Gasteiger partial charge in [-0.25, -0.2) is 9.37 Å². The number of morpholine rings is 1. The van der Waals surface area contributed by atoms with Gasteiger partial charge >= 0.3 is 0 Å². The first-order valence-electron chi connectivity index (χ1n) is 11.2. The van der Waals surface area contributed by atoms with Gasteiger partial charge in [-0.2, -0.15) is 0 Å². The Labute approximate surface area is 188 Å². The number of ether oxygens (including phenoxy) is 1. The molecule has 2 aromatic heterocycles. The van der Waals surface area contributed by atoms with E-state index in [1.54, 1.807) is 0 Å². The van der Waals surface area contributed by atoms with Gasteiger partial charge in [0.25, 0.3) is 0 Å². The zero-order valence-electron chi connectivity index (χ0n) is 18.5. The van der Waals surface area contributed by atoms with Crippen molar-refractivity contribution in [2.75, 3.05) is 45.9 Å². The molecule has 1 aliphatic rings. The molecule has 4 rings (SSSR count). The van der Waals surface area contributed by atoms with E-state index in [4.69, 9.17) is 9.73 Å². The van der Waals surface area contributed by atoms with Crippen molar-refractivity contribution < 1.29 is 9.13 Å². The number of aromatic nitrogens is 2. The molecule has 2 N–H and O–H groups in total. The molecule has 0 radical (unpaired) electrons. The fraction of sp³-hybridized carbons (Fsp3) is 0.417. The molecular formula is C24H31FN6O. The molecule has 1 fully saturated rings. The molecule has 7 nitrogen and oxygen atoms in total. The van der Waals surface area contributed by atoms with Crippen LogP contribution in [0.2, 0.25) is 0 Å². The van der Waals surface area contributed by atoms with Crippen LogP contribution in [0.5, 0.6) is 0 Å². The molecule has 1 saturated heterocycles. The van der Waals surface area contributed by atoms with Gasteiger partial charge in [0.15, 0.2) is 5.96 Å². The Balaban J connectivity index is 1.41. The number of hydrogen-bond acceptors (Lipinski definition) is 4. The Morgan fingerprint density at radius 1 is 1.16 bits per heavy atom. The minimum absolute atomic E-state index is 0.0772. The van der Waals surface area contributed by atoms with E-state index >= 15 is 0 Å². The predicted molar refractivity (Wildman–Crippen MR) is 124 cm³/mol. The summed E-state index contributed by atoms with van der Waals surface area (Å²) < 4.78 is 21.0. The third-order valence-corrected chi connectivity index (χ3v) is 5.60. The van der Waals surface area contributed by atoms with Gasteiger partial charge in [0, 0.05) is 45.0 Å². The first-order chi connectivity index (χ1) is 15.7. The second kappa shape index (κ2) is 11.1. The van der Waals surface area contributed by atoms with Crippen LogP contribution in [0.25, 0.3) is 5.65 Å². The number of imidazole rings is 1. The highest BCUT2D eigenvalue weighted by Gasteiger charge is 2.22. The number of aliphatic imine (C=N–C) groups is 1. The van der Waals surface area contributed by atoms with Crippen LogP contribution < -0.4 is 10.6 Å². The number of fused-ring (bicyclic) bond motifs is 1. The molecule has 0 bridgehead atoms. The van der Waals surface area contributed by atoms with Gasteiger partial charge in [0.05, 0.1) is 31.5 Å². The second-order valence-electron chi connectivity index (χ2n) is 7.81. The molecular weight excluding hydrogens is 407 g/mol. The number of nitrogens with one attached hydrogen (secondary N) is 2. The Morgan fingerprint density at radius 2 is 1.97 bits per heavy atom. The van der Waals surface area contributed by atoms with Gasteiger partial charge < -0.3 is 19.8 Å². The van der Waals surface area contributed by atoms with Crippen molar-refractivity contribution in [2.24, 2.45) is 4.99 Å². The monoisotopic (exact) mass is 438 g/mol. The highest BCUT2D eigenvalue weighted by atomic mass is 19.1. The maximum Gasteiger partial charge on any atom is 0.191 e. The zero-order chi connectivity index (χ0) is 22.2. The molecule has 0 aliphatic carbocycles. The standard InChI is InChI=1S/C24H31FN6O/c1-2-26-24(27-11-10-21-18-31-12-4-3-5-23(31)29-21)28-17-22(30-13-15-32-16-14-30)19-6-8-20(25)9-7-19/h3-9,12,18,22H,2,10-11,13-17H2,1H3,(H2,26,27,28). The van der Waals surface area contributed by atoms with Gasteiger partial charge in [-0.05, 0) is 36.8 Å². The van der Waals surface area contributed by atoms with Crippen LogP contribution in [-0.4, -0.2) is 66.2 Å². The number of hydrogen-bond donors (Lipinski definition) is 2. The number of guanidine groups is 1. The van der Waals surface area contributed by atoms with E-state index in [0.29, 0.717) is 19.8 Å². The lowest BCUT2D eigenvalue weighted by molar-refractivity contribution is 0.0179. The van der Waals surface area contributed by atoms with Crippen molar-refractivity contribution in [2.45, 2.75) is 19.4 Å². The van der Waals surface area contributed by atoms with Crippen LogP contribution in [0.3, 0.4) is 0 Å². The lowest BCUT2D eigenvalue weighted by atomic mass is 10.0. The van der Waals surface area contributed by atoms with Crippen LogP contribution in [0, 0.1) is 5.82 Å². The van der Waals surface area contributed by atoms with Gasteiger partial charge in [-0.1, -0.05) is 18.2 Å². The van der Waals surface area contributed by atoms with E-state index in [1.165, 1.54) is 12.1 Å². The van der Waals surface area contributed by atoms with E-state index in [-0.39, 0.29) is 11.9 Å². The first kappa shape index (κ1) is 22.2. The average Bonchev–Trinajstić information content (AvgIpc) is 3.24. The average molecular weight is 439 g/mol. The smallest absolute Gasteiger partial charge is 0.191 e. The quantitative estimate of drug-likeness (QED) is 0.418. The fourth-order valence-electron chi connectivity index (χ4n) is 3.94. The van der Waals surface area contributed by atoms with Crippen LogP contribution in [-0.2, 0) is 11.2 Å². The predicted octanol–water partition coefficient (Wildman–Crippen LogP) is 2.64. The number of nitrogens with zero attached hydrogens (tertiary/aromatic N) is 4. The molecule has 1 unspecified atom stereocenters. The summed E-state index contributed by atoms with van der Waals surface area (Å²) in [6.07, 6.45) is 4.87. The molecule has 0 spiro atoms. The Kier molecular flexibility index (Phi) is 7.68. The number of rotatable bonds is 8. The summed E-state index contributed by atoms with van der Waals surface area (Å²) in [5.41, 5.74) is 3.06. The van der Waals surface area contributed by atoms with E-state index < -0.39 is 0 Å². The van der Waals surface area contributed by atoms with Crippen molar-refractivity contribution in [3.63, 3.8) is 0 Å². The highest BCUT2D eigenvalue weighted by Crippen LogP contribution is 2.22. The summed E-state index contributed by atoms with van der Waals surface area (Å²) in [5, 5.41) is 6.74. The Hall–Kier alpha value is -2.97. The maximum absolute atomic E-state index is 13.5. The zero-order valence-corrected chi connectivity index (χ0v) is 18.5. The topological polar surface area (TPSA) is 66.2 Å². The molecule has 3 aromatic rings. The Bertz CT molecular complexity index is 980. The van der Waals surface area contributed by atoms with E-state index in [1.807, 2.05) is 40.9 Å². The summed E-state index contributed by atoms with van der Waals surface area (Å²) in [6.45, 7) is 7.24. The number of benzene rings is 1. The van der Waals surface area contributed by atoms with Gasteiger partial charge in [0.2, 0.25) is 0 Å². The molecule has 1 atom stereocenters. The van der Waals surface area contributed by atoms with E-state index in [2.05, 4.69) is 33.6 Å². The summed E-state index contributed by atoms with van der Waals surface area (Å²) in [7, 11) is 0. The Morgan fingerprint density at radius 3 is 2.72 bits per heavy atom. The SMILES string of the molecule is CCNC(=NCC(c1ccc(F)cc1)N1CCOCC1)NCCc1cn2ccccc2n1. The lowest BCUT2D eigenvalue weighted by Crippen LogP contribution is -2.42. The second-order valence-corrected chi connectivity index (χ2v) is 7.81. The summed E-state index contributed by atoms with van der Waals surface area (Å²) in [5.74, 6) is 0.552. The minimum Gasteiger partial charge on any atom is -0.379 e. The molecule has 1 aromatic carbocycles. The van der Waals surface area contributed by atoms with E-state index in [0.717, 1.165) is 55.5 Å². The molecule has 170 valence electrons. The van der Waals surface area contributed by atoms with Crippen molar-refractivity contribution in [1.29, 1.82) is 0 Å². The van der Waals surface area contributed by atoms with Crippen molar-refractivity contribution in [3.05, 3.63) is 71.9 Å². The molecule has 0 amide bonds. The third kappa shape index (κ3) is 5.83. The van der Waals surface area contributed by atoms with Crippen molar-refractivity contribution in [3.8, 4) is 0 Å². The molecule has 3 heterocycles. The van der Waals surface area contributed by atoms with Crippen LogP contribution in [0.15, 0.2) is 59.9 Å². The minimum atomic E-state index is -0.222. The summed E-state index contributed by atoms with van der Waals surface area (Å²) in [6, 6.07) is 12.8. The summed E-state index contributed by atoms with van der Waals surface area (Å²) in [4.78, 5) is 11.9. The van der Waals surface area contributed by atoms with Crippen molar-refractivity contribution in [1.82, 2.24) is 24.9 Å². The molecule has 32 heavy (non-hydrogen) atoms. The normalized spacial score (nSPS) is 16.2.